The molecule has 5 rings (SSSR count). The SMILES string of the molecule is COc1cccc([C@H]2OC(c3ccc(OCCCO)cc3)=N[C@@]2(Cc2ccccc2)C(=O)NCc2cccc(C)c2)c1. The van der Waals surface area contributed by atoms with Gasteiger partial charge in [0.05, 0.1) is 13.7 Å². The van der Waals surface area contributed by atoms with Crippen molar-refractivity contribution in [3.8, 4) is 11.5 Å². The summed E-state index contributed by atoms with van der Waals surface area (Å²) in [7, 11) is 1.62. The van der Waals surface area contributed by atoms with E-state index in [0.29, 0.717) is 43.4 Å². The smallest absolute Gasteiger partial charge is 0.252 e. The van der Waals surface area contributed by atoms with Crippen LogP contribution in [0.4, 0.5) is 0 Å². The summed E-state index contributed by atoms with van der Waals surface area (Å²) in [6.07, 6.45) is 0.182. The quantitative estimate of drug-likeness (QED) is 0.219. The lowest BCUT2D eigenvalue weighted by Gasteiger charge is -2.31. The highest BCUT2D eigenvalue weighted by atomic mass is 16.5. The predicted molar refractivity (Wildman–Crippen MR) is 163 cm³/mol. The average Bonchev–Trinajstić information content (AvgIpc) is 3.41. The Hall–Kier alpha value is -4.62. The number of aryl methyl sites for hydroxylation is 1. The second kappa shape index (κ2) is 13.4. The Morgan fingerprint density at radius 3 is 2.43 bits per heavy atom. The molecule has 1 aliphatic heterocycles. The van der Waals surface area contributed by atoms with Gasteiger partial charge in [0.15, 0.2) is 11.6 Å². The molecule has 2 atom stereocenters. The molecule has 0 bridgehead atoms. The van der Waals surface area contributed by atoms with E-state index in [1.807, 2.05) is 104 Å². The van der Waals surface area contributed by atoms with Crippen molar-refractivity contribution in [2.45, 2.75) is 38.0 Å². The fraction of sp³-hybridized carbons (Fsp3) is 0.257. The van der Waals surface area contributed by atoms with Gasteiger partial charge in [0, 0.05) is 31.6 Å². The predicted octanol–water partition coefficient (Wildman–Crippen LogP) is 5.58. The lowest BCUT2D eigenvalue weighted by atomic mass is 9.82. The van der Waals surface area contributed by atoms with Gasteiger partial charge in [-0.25, -0.2) is 4.99 Å². The van der Waals surface area contributed by atoms with Crippen LogP contribution in [-0.4, -0.2) is 42.8 Å². The van der Waals surface area contributed by atoms with E-state index in [9.17, 15) is 4.79 Å². The van der Waals surface area contributed by atoms with Crippen LogP contribution in [0.3, 0.4) is 0 Å². The molecule has 0 radical (unpaired) electrons. The topological polar surface area (TPSA) is 89.4 Å². The van der Waals surface area contributed by atoms with E-state index >= 15 is 0 Å². The zero-order valence-electron chi connectivity index (χ0n) is 24.0. The highest BCUT2D eigenvalue weighted by molar-refractivity contribution is 6.01. The Bertz CT molecular complexity index is 1520. The molecular weight excluding hydrogens is 528 g/mol. The molecule has 4 aromatic carbocycles. The van der Waals surface area contributed by atoms with Crippen molar-refractivity contribution in [1.29, 1.82) is 0 Å². The van der Waals surface area contributed by atoms with Crippen molar-refractivity contribution in [3.05, 3.63) is 131 Å². The van der Waals surface area contributed by atoms with Gasteiger partial charge in [-0.05, 0) is 60.0 Å². The number of amides is 1. The van der Waals surface area contributed by atoms with E-state index in [0.717, 1.165) is 27.8 Å². The van der Waals surface area contributed by atoms with E-state index < -0.39 is 11.6 Å². The van der Waals surface area contributed by atoms with Gasteiger partial charge in [-0.15, -0.1) is 0 Å². The maximum Gasteiger partial charge on any atom is 0.252 e. The molecule has 0 unspecified atom stereocenters. The lowest BCUT2D eigenvalue weighted by Crippen LogP contribution is -2.49. The standard InChI is InChI=1S/C35H36N2O5/c1-25-9-6-12-27(21-25)24-36-34(39)35(23-26-10-4-3-5-11-26)32(29-13-7-14-31(22-29)40-2)42-33(37-35)28-15-17-30(18-16-28)41-20-8-19-38/h3-7,9-18,21-22,32,38H,8,19-20,23-24H2,1-2H3,(H,36,39)/t32-,35-/m1/s1. The summed E-state index contributed by atoms with van der Waals surface area (Å²) in [5.74, 6) is 1.51. The molecule has 1 heterocycles. The number of benzene rings is 4. The third-order valence-corrected chi connectivity index (χ3v) is 7.28. The number of aliphatic imine (C=N–C) groups is 1. The van der Waals surface area contributed by atoms with Gasteiger partial charge in [-0.3, -0.25) is 4.79 Å². The van der Waals surface area contributed by atoms with Crippen LogP contribution in [0.15, 0.2) is 108 Å². The third kappa shape index (κ3) is 6.64. The number of methoxy groups -OCH3 is 1. The molecular formula is C35H36N2O5. The van der Waals surface area contributed by atoms with Crippen molar-refractivity contribution in [1.82, 2.24) is 5.32 Å². The minimum Gasteiger partial charge on any atom is -0.497 e. The van der Waals surface area contributed by atoms with Crippen LogP contribution in [-0.2, 0) is 22.5 Å². The largest absolute Gasteiger partial charge is 0.497 e. The highest BCUT2D eigenvalue weighted by Gasteiger charge is 2.53. The number of nitrogens with zero attached hydrogens (tertiary/aromatic N) is 1. The molecule has 0 aliphatic carbocycles. The van der Waals surface area contributed by atoms with Gasteiger partial charge >= 0.3 is 0 Å². The van der Waals surface area contributed by atoms with Gasteiger partial charge in [0.1, 0.15) is 11.5 Å². The zero-order valence-corrected chi connectivity index (χ0v) is 24.0. The molecule has 0 saturated carbocycles. The van der Waals surface area contributed by atoms with Crippen LogP contribution >= 0.6 is 0 Å². The summed E-state index contributed by atoms with van der Waals surface area (Å²) in [6.45, 7) is 2.90. The van der Waals surface area contributed by atoms with E-state index in [2.05, 4.69) is 11.4 Å². The first kappa shape index (κ1) is 28.9. The van der Waals surface area contributed by atoms with E-state index in [-0.39, 0.29) is 12.5 Å². The minimum absolute atomic E-state index is 0.0732. The summed E-state index contributed by atoms with van der Waals surface area (Å²) in [5, 5.41) is 12.2. The molecule has 2 N–H and O–H groups in total. The number of ether oxygens (including phenoxy) is 3. The van der Waals surface area contributed by atoms with Gasteiger partial charge in [-0.2, -0.15) is 0 Å². The Morgan fingerprint density at radius 2 is 1.69 bits per heavy atom. The van der Waals surface area contributed by atoms with Crippen molar-refractivity contribution in [2.75, 3.05) is 20.3 Å². The zero-order chi connectivity index (χ0) is 29.4. The Balaban J connectivity index is 1.55. The van der Waals surface area contributed by atoms with Gasteiger partial charge in [0.2, 0.25) is 5.90 Å². The number of rotatable bonds is 12. The van der Waals surface area contributed by atoms with Gasteiger partial charge in [0.25, 0.3) is 5.91 Å². The van der Waals surface area contributed by atoms with E-state index in [1.54, 1.807) is 7.11 Å². The van der Waals surface area contributed by atoms with Crippen molar-refractivity contribution in [2.24, 2.45) is 4.99 Å². The fourth-order valence-electron chi connectivity index (χ4n) is 5.15. The summed E-state index contributed by atoms with van der Waals surface area (Å²) >= 11 is 0. The molecule has 216 valence electrons. The number of aliphatic hydroxyl groups is 1. The number of aliphatic hydroxyl groups excluding tert-OH is 1. The minimum atomic E-state index is -1.29. The normalized spacial score (nSPS) is 17.7. The van der Waals surface area contributed by atoms with Gasteiger partial charge in [-0.1, -0.05) is 72.3 Å². The Labute approximate surface area is 246 Å². The summed E-state index contributed by atoms with van der Waals surface area (Å²) < 4.78 is 17.8. The van der Waals surface area contributed by atoms with Crippen molar-refractivity contribution < 1.29 is 24.1 Å². The number of carbonyl (C=O) groups excluding carboxylic acids is 1. The van der Waals surface area contributed by atoms with Crippen LogP contribution < -0.4 is 14.8 Å². The molecule has 0 saturated heterocycles. The summed E-state index contributed by atoms with van der Waals surface area (Å²) in [4.78, 5) is 19.5. The summed E-state index contributed by atoms with van der Waals surface area (Å²) in [5.41, 5.74) is 3.34. The van der Waals surface area contributed by atoms with Gasteiger partial charge < -0.3 is 24.6 Å². The molecule has 0 aromatic heterocycles. The van der Waals surface area contributed by atoms with Crippen molar-refractivity contribution in [3.63, 3.8) is 0 Å². The molecule has 7 nitrogen and oxygen atoms in total. The first-order chi connectivity index (χ1) is 20.5. The molecule has 1 aliphatic rings. The van der Waals surface area contributed by atoms with Crippen molar-refractivity contribution >= 4 is 11.8 Å². The molecule has 0 fully saturated rings. The number of hydrogen-bond acceptors (Lipinski definition) is 6. The van der Waals surface area contributed by atoms with E-state index in [4.69, 9.17) is 24.3 Å². The average molecular weight is 565 g/mol. The summed E-state index contributed by atoms with van der Waals surface area (Å²) in [6, 6.07) is 33.0. The second-order valence-corrected chi connectivity index (χ2v) is 10.4. The van der Waals surface area contributed by atoms with Crippen LogP contribution in [0.1, 0.15) is 40.3 Å². The Morgan fingerprint density at radius 1 is 0.929 bits per heavy atom. The molecule has 1 amide bonds. The van der Waals surface area contributed by atoms with Crippen LogP contribution in [0.25, 0.3) is 0 Å². The lowest BCUT2D eigenvalue weighted by molar-refractivity contribution is -0.129. The first-order valence-corrected chi connectivity index (χ1v) is 14.1. The highest BCUT2D eigenvalue weighted by Crippen LogP contribution is 2.43. The maximum absolute atomic E-state index is 14.4. The van der Waals surface area contributed by atoms with Crippen LogP contribution in [0.2, 0.25) is 0 Å². The van der Waals surface area contributed by atoms with E-state index in [1.165, 1.54) is 0 Å². The second-order valence-electron chi connectivity index (χ2n) is 10.4. The first-order valence-electron chi connectivity index (χ1n) is 14.1. The number of hydrogen-bond donors (Lipinski definition) is 2. The van der Waals surface area contributed by atoms with Crippen LogP contribution in [0.5, 0.6) is 11.5 Å². The fourth-order valence-corrected chi connectivity index (χ4v) is 5.15. The molecule has 0 spiro atoms. The van der Waals surface area contributed by atoms with Crippen LogP contribution in [0, 0.1) is 6.92 Å². The Kier molecular flexibility index (Phi) is 9.19. The molecule has 42 heavy (non-hydrogen) atoms. The molecule has 4 aromatic rings. The molecule has 7 heteroatoms. The number of nitrogens with one attached hydrogen (secondary N) is 1. The monoisotopic (exact) mass is 564 g/mol. The maximum atomic E-state index is 14.4. The third-order valence-electron chi connectivity index (χ3n) is 7.28. The number of carbonyl (C=O) groups is 1.